The Balaban J connectivity index is 3.12. The molecule has 1 rings (SSSR count). The first-order chi connectivity index (χ1) is 12.1. The van der Waals surface area contributed by atoms with Crippen molar-refractivity contribution in [3.8, 4) is 0 Å². The van der Waals surface area contributed by atoms with Gasteiger partial charge in [0.05, 0.1) is 17.8 Å². The molecule has 0 fully saturated rings. The quantitative estimate of drug-likeness (QED) is 0.392. The molecule has 0 saturated heterocycles. The largest absolute Gasteiger partial charge is 0.478 e. The molecule has 0 bridgehead atoms. The lowest BCUT2D eigenvalue weighted by molar-refractivity contribution is -0.113. The molecular weight excluding hydrogens is 344 g/mol. The molecule has 0 aromatic heterocycles. The molecule has 26 heavy (non-hydrogen) atoms. The second-order valence-electron chi connectivity index (χ2n) is 5.33. The van der Waals surface area contributed by atoms with E-state index in [1.807, 2.05) is 0 Å². The van der Waals surface area contributed by atoms with Gasteiger partial charge < -0.3 is 16.2 Å². The topological polar surface area (TPSA) is 105 Å². The van der Waals surface area contributed by atoms with Gasteiger partial charge in [-0.05, 0) is 49.8 Å². The minimum Gasteiger partial charge on any atom is -0.478 e. The monoisotopic (exact) mass is 363 g/mol. The van der Waals surface area contributed by atoms with Crippen LogP contribution in [0.1, 0.15) is 24.2 Å². The summed E-state index contributed by atoms with van der Waals surface area (Å²) in [4.78, 5) is 25.6. The fourth-order valence-corrected chi connectivity index (χ4v) is 2.07. The van der Waals surface area contributed by atoms with Crippen LogP contribution in [0, 0.1) is 5.82 Å². The standard InChI is InChI=1S/C18H19F2N3O3/c1-4-17(24)22-9-13(20)8-14(10(2)21)11(3)23-16-6-5-12(19)7-15(16)18(25)26/h4-9,11,23H,1,21H2,2-3H3,(H,25,26)/b13-8+,14-10-,22-9?. The molecule has 0 spiro atoms. The normalized spacial score (nSPS) is 13.9. The first-order valence-corrected chi connectivity index (χ1v) is 7.49. The summed E-state index contributed by atoms with van der Waals surface area (Å²) >= 11 is 0. The molecule has 1 aromatic carbocycles. The van der Waals surface area contributed by atoms with Crippen LogP contribution in [0.3, 0.4) is 0 Å². The Labute approximate surface area is 149 Å². The molecule has 0 aliphatic rings. The number of rotatable bonds is 7. The number of carbonyl (C=O) groups excluding carboxylic acids is 1. The number of nitrogens with one attached hydrogen (secondary N) is 1. The number of nitrogens with two attached hydrogens (primary N) is 1. The predicted octanol–water partition coefficient (Wildman–Crippen LogP) is 3.19. The summed E-state index contributed by atoms with van der Waals surface area (Å²) in [6.07, 6.45) is 2.72. The fourth-order valence-electron chi connectivity index (χ4n) is 2.07. The molecule has 1 unspecified atom stereocenters. The summed E-state index contributed by atoms with van der Waals surface area (Å²) in [5.74, 6) is -3.54. The molecule has 0 aliphatic carbocycles. The van der Waals surface area contributed by atoms with Crippen molar-refractivity contribution in [3.05, 3.63) is 65.4 Å². The summed E-state index contributed by atoms with van der Waals surface area (Å²) in [5, 5.41) is 12.0. The highest BCUT2D eigenvalue weighted by molar-refractivity contribution is 5.96. The van der Waals surface area contributed by atoms with E-state index < -0.39 is 29.6 Å². The minimum atomic E-state index is -1.31. The Hall–Kier alpha value is -3.29. The molecule has 1 aromatic rings. The van der Waals surface area contributed by atoms with Crippen LogP contribution in [-0.4, -0.2) is 29.2 Å². The lowest BCUT2D eigenvalue weighted by atomic mass is 10.0. The van der Waals surface area contributed by atoms with Crippen LogP contribution in [0.25, 0.3) is 0 Å². The van der Waals surface area contributed by atoms with Crippen LogP contribution < -0.4 is 11.1 Å². The van der Waals surface area contributed by atoms with Gasteiger partial charge in [-0.3, -0.25) is 4.79 Å². The van der Waals surface area contributed by atoms with E-state index in [-0.39, 0.29) is 16.9 Å². The molecule has 0 radical (unpaired) electrons. The van der Waals surface area contributed by atoms with Crippen LogP contribution in [0.5, 0.6) is 0 Å². The number of carboxylic acids is 1. The van der Waals surface area contributed by atoms with Gasteiger partial charge in [0.2, 0.25) is 0 Å². The number of nitrogens with zero attached hydrogens (tertiary/aromatic N) is 1. The maximum atomic E-state index is 13.9. The molecule has 138 valence electrons. The van der Waals surface area contributed by atoms with Crippen LogP contribution >= 0.6 is 0 Å². The van der Waals surface area contributed by atoms with E-state index in [2.05, 4.69) is 16.9 Å². The van der Waals surface area contributed by atoms with Crippen molar-refractivity contribution >= 4 is 23.8 Å². The van der Waals surface area contributed by atoms with E-state index in [1.165, 1.54) is 13.0 Å². The van der Waals surface area contributed by atoms with Gasteiger partial charge in [-0.15, -0.1) is 0 Å². The lowest BCUT2D eigenvalue weighted by Crippen LogP contribution is -2.22. The van der Waals surface area contributed by atoms with Gasteiger partial charge in [-0.1, -0.05) is 6.58 Å². The molecular formula is C18H19F2N3O3. The molecule has 1 amide bonds. The predicted molar refractivity (Wildman–Crippen MR) is 96.2 cm³/mol. The van der Waals surface area contributed by atoms with Gasteiger partial charge in [-0.2, -0.15) is 0 Å². The Bertz CT molecular complexity index is 810. The number of halogens is 2. The highest BCUT2D eigenvalue weighted by Crippen LogP contribution is 2.21. The first-order valence-electron chi connectivity index (χ1n) is 7.49. The molecule has 6 nitrogen and oxygen atoms in total. The molecule has 1 atom stereocenters. The molecule has 0 aliphatic heterocycles. The first kappa shape index (κ1) is 20.8. The maximum Gasteiger partial charge on any atom is 0.337 e. The number of allylic oxidation sites excluding steroid dienone is 2. The average Bonchev–Trinajstić information content (AvgIpc) is 2.58. The number of anilines is 1. The zero-order valence-corrected chi connectivity index (χ0v) is 14.3. The number of amides is 1. The van der Waals surface area contributed by atoms with Gasteiger partial charge in [0.25, 0.3) is 5.91 Å². The number of aromatic carboxylic acids is 1. The maximum absolute atomic E-state index is 13.9. The Morgan fingerprint density at radius 1 is 1.42 bits per heavy atom. The van der Waals surface area contributed by atoms with E-state index in [9.17, 15) is 18.4 Å². The third kappa shape index (κ3) is 5.97. The van der Waals surface area contributed by atoms with Gasteiger partial charge in [0, 0.05) is 11.4 Å². The van der Waals surface area contributed by atoms with Gasteiger partial charge in [-0.25, -0.2) is 18.6 Å². The Kier molecular flexibility index (Phi) is 7.39. The van der Waals surface area contributed by atoms with Crippen LogP contribution in [-0.2, 0) is 4.79 Å². The summed E-state index contributed by atoms with van der Waals surface area (Å²) in [5.41, 5.74) is 6.22. The second-order valence-corrected chi connectivity index (χ2v) is 5.33. The smallest absolute Gasteiger partial charge is 0.337 e. The highest BCUT2D eigenvalue weighted by Gasteiger charge is 2.16. The van der Waals surface area contributed by atoms with Gasteiger partial charge in [0.15, 0.2) is 0 Å². The number of benzene rings is 1. The van der Waals surface area contributed by atoms with E-state index in [0.717, 1.165) is 30.5 Å². The summed E-state index contributed by atoms with van der Waals surface area (Å²) in [6.45, 7) is 6.37. The second kappa shape index (κ2) is 9.26. The summed E-state index contributed by atoms with van der Waals surface area (Å²) in [6, 6.07) is 2.63. The zero-order valence-electron chi connectivity index (χ0n) is 14.3. The van der Waals surface area contributed by atoms with Crippen molar-refractivity contribution in [2.24, 2.45) is 10.7 Å². The number of hydrogen-bond acceptors (Lipinski definition) is 4. The van der Waals surface area contributed by atoms with Crippen molar-refractivity contribution in [3.63, 3.8) is 0 Å². The molecule has 4 N–H and O–H groups in total. The van der Waals surface area contributed by atoms with E-state index in [0.29, 0.717) is 5.57 Å². The van der Waals surface area contributed by atoms with Crippen molar-refractivity contribution in [2.45, 2.75) is 19.9 Å². The Morgan fingerprint density at radius 3 is 2.62 bits per heavy atom. The molecule has 0 saturated carbocycles. The zero-order chi connectivity index (χ0) is 19.9. The number of aliphatic imine (C=N–C) groups is 1. The highest BCUT2D eigenvalue weighted by atomic mass is 19.1. The number of hydrogen-bond donors (Lipinski definition) is 3. The van der Waals surface area contributed by atoms with E-state index in [1.54, 1.807) is 6.92 Å². The summed E-state index contributed by atoms with van der Waals surface area (Å²) < 4.78 is 27.2. The fraction of sp³-hybridized carbons (Fsp3) is 0.167. The number of carbonyl (C=O) groups is 2. The van der Waals surface area contributed by atoms with Gasteiger partial charge in [0.1, 0.15) is 11.6 Å². The lowest BCUT2D eigenvalue weighted by Gasteiger charge is -2.19. The van der Waals surface area contributed by atoms with Crippen molar-refractivity contribution < 1.29 is 23.5 Å². The SMILES string of the molecule is C=CC(=O)N=C/C(F)=C\C(=C(/C)N)C(C)Nc1ccc(F)cc1C(=O)O. The Morgan fingerprint density at radius 2 is 2.08 bits per heavy atom. The van der Waals surface area contributed by atoms with Crippen molar-refractivity contribution in [1.29, 1.82) is 0 Å². The van der Waals surface area contributed by atoms with Crippen LogP contribution in [0.2, 0.25) is 0 Å². The van der Waals surface area contributed by atoms with Gasteiger partial charge >= 0.3 is 5.97 Å². The van der Waals surface area contributed by atoms with Crippen LogP contribution in [0.15, 0.2) is 59.0 Å². The average molecular weight is 363 g/mol. The minimum absolute atomic E-state index is 0.148. The number of carboxylic acid groups (broad SMARTS) is 1. The van der Waals surface area contributed by atoms with Crippen LogP contribution in [0.4, 0.5) is 14.5 Å². The van der Waals surface area contributed by atoms with E-state index in [4.69, 9.17) is 10.8 Å². The summed E-state index contributed by atoms with van der Waals surface area (Å²) in [7, 11) is 0. The third-order valence-electron chi connectivity index (χ3n) is 3.29. The molecule has 0 heterocycles. The van der Waals surface area contributed by atoms with Crippen molar-refractivity contribution in [1.82, 2.24) is 0 Å². The van der Waals surface area contributed by atoms with E-state index >= 15 is 0 Å². The third-order valence-corrected chi connectivity index (χ3v) is 3.29. The van der Waals surface area contributed by atoms with Crippen molar-refractivity contribution in [2.75, 3.05) is 5.32 Å². The molecule has 8 heteroatoms.